The fraction of sp³-hybridized carbons (Fsp3) is 0.406. The van der Waals surface area contributed by atoms with Crippen LogP contribution in [0.1, 0.15) is 24.8 Å². The molecular formula is C32H42N8O2. The zero-order valence-electron chi connectivity index (χ0n) is 24.7. The number of ether oxygens (including phenoxy) is 1. The molecule has 5 aliphatic heterocycles. The fourth-order valence-electron chi connectivity index (χ4n) is 5.27. The Morgan fingerprint density at radius 3 is 2.43 bits per heavy atom. The van der Waals surface area contributed by atoms with Gasteiger partial charge in [0.1, 0.15) is 36.4 Å². The highest BCUT2D eigenvalue weighted by molar-refractivity contribution is 5.82. The highest BCUT2D eigenvalue weighted by Crippen LogP contribution is 2.23. The topological polar surface area (TPSA) is 97.9 Å². The summed E-state index contributed by atoms with van der Waals surface area (Å²) in [5.41, 5.74) is 3.75. The molecule has 42 heavy (non-hydrogen) atoms. The molecule has 222 valence electrons. The minimum absolute atomic E-state index is 0.142. The van der Waals surface area contributed by atoms with E-state index in [2.05, 4.69) is 74.6 Å². The zero-order chi connectivity index (χ0) is 29.3. The van der Waals surface area contributed by atoms with E-state index in [-0.39, 0.29) is 18.6 Å². The van der Waals surface area contributed by atoms with Gasteiger partial charge in [0, 0.05) is 55.9 Å². The molecule has 10 heteroatoms. The molecule has 8 bridgehead atoms. The first-order chi connectivity index (χ1) is 20.4. The molecule has 0 radical (unpaired) electrons. The first-order valence-electron chi connectivity index (χ1n) is 14.7. The molecule has 1 saturated heterocycles. The molecule has 8 rings (SSSR count). The van der Waals surface area contributed by atoms with E-state index in [9.17, 15) is 4.79 Å². The van der Waals surface area contributed by atoms with E-state index in [0.717, 1.165) is 62.6 Å². The van der Waals surface area contributed by atoms with Crippen molar-refractivity contribution in [2.45, 2.75) is 31.8 Å². The summed E-state index contributed by atoms with van der Waals surface area (Å²) in [4.78, 5) is 29.0. The molecule has 3 aromatic rings. The van der Waals surface area contributed by atoms with Crippen molar-refractivity contribution in [2.24, 2.45) is 0 Å². The Morgan fingerprint density at radius 2 is 1.69 bits per heavy atom. The van der Waals surface area contributed by atoms with Gasteiger partial charge in [-0.15, -0.1) is 0 Å². The van der Waals surface area contributed by atoms with Crippen LogP contribution in [0, 0.1) is 0 Å². The van der Waals surface area contributed by atoms with E-state index < -0.39 is 0 Å². The first kappa shape index (κ1) is 29.3. The third-order valence-corrected chi connectivity index (χ3v) is 7.52. The van der Waals surface area contributed by atoms with Gasteiger partial charge in [-0.2, -0.15) is 0 Å². The predicted molar refractivity (Wildman–Crippen MR) is 167 cm³/mol. The Morgan fingerprint density at radius 1 is 0.952 bits per heavy atom. The number of amides is 1. The van der Waals surface area contributed by atoms with Crippen molar-refractivity contribution in [1.82, 2.24) is 30.0 Å². The average Bonchev–Trinajstić information content (AvgIpc) is 2.98. The van der Waals surface area contributed by atoms with E-state index >= 15 is 0 Å². The number of aromatic nitrogens is 2. The molecule has 2 aromatic carbocycles. The normalized spacial score (nSPS) is 19.5. The van der Waals surface area contributed by atoms with Gasteiger partial charge < -0.3 is 30.5 Å². The number of carbonyl (C=O) groups is 1. The van der Waals surface area contributed by atoms with Gasteiger partial charge in [-0.1, -0.05) is 18.7 Å². The molecule has 10 nitrogen and oxygen atoms in total. The molecule has 0 saturated carbocycles. The summed E-state index contributed by atoms with van der Waals surface area (Å²) in [7, 11) is 4.15. The minimum atomic E-state index is -0.318. The van der Waals surface area contributed by atoms with Crippen LogP contribution in [-0.2, 0) is 11.3 Å². The number of benzene rings is 2. The maximum absolute atomic E-state index is 13.7. The third-order valence-electron chi connectivity index (χ3n) is 7.52. The molecule has 1 fully saturated rings. The van der Waals surface area contributed by atoms with Crippen molar-refractivity contribution >= 4 is 28.9 Å². The van der Waals surface area contributed by atoms with Crippen LogP contribution >= 0.6 is 0 Å². The van der Waals surface area contributed by atoms with Crippen LogP contribution in [0.15, 0.2) is 73.2 Å². The Balaban J connectivity index is 1.34. The molecule has 6 heterocycles. The smallest absolute Gasteiger partial charge is 0.245 e. The van der Waals surface area contributed by atoms with Gasteiger partial charge >= 0.3 is 0 Å². The average molecular weight is 571 g/mol. The van der Waals surface area contributed by atoms with Gasteiger partial charge in [-0.3, -0.25) is 9.69 Å². The van der Waals surface area contributed by atoms with Crippen molar-refractivity contribution in [1.29, 1.82) is 0 Å². The lowest BCUT2D eigenvalue weighted by atomic mass is 10.1. The van der Waals surface area contributed by atoms with E-state index in [0.29, 0.717) is 30.4 Å². The van der Waals surface area contributed by atoms with E-state index in [1.807, 2.05) is 41.3 Å². The van der Waals surface area contributed by atoms with E-state index in [1.165, 1.54) is 5.56 Å². The summed E-state index contributed by atoms with van der Waals surface area (Å²) in [6.07, 6.45) is 4.30. The van der Waals surface area contributed by atoms with Crippen LogP contribution in [0.25, 0.3) is 0 Å². The SMILES string of the molecule is C=C1COc2ccc(cc2)Nc2cc(ncn2)Nc2cccc(c2)CN2CCN(CC2)C(=O)C(CCCCN(C)C)N1. The summed E-state index contributed by atoms with van der Waals surface area (Å²) < 4.78 is 6.00. The van der Waals surface area contributed by atoms with Crippen molar-refractivity contribution < 1.29 is 9.53 Å². The zero-order valence-corrected chi connectivity index (χ0v) is 24.7. The third kappa shape index (κ3) is 8.43. The number of hydrogen-bond acceptors (Lipinski definition) is 9. The number of rotatable bonds is 5. The predicted octanol–water partition coefficient (Wildman–Crippen LogP) is 4.20. The quantitative estimate of drug-likeness (QED) is 0.390. The second-order valence-corrected chi connectivity index (χ2v) is 11.3. The summed E-state index contributed by atoms with van der Waals surface area (Å²) in [6.45, 7) is 9.37. The summed E-state index contributed by atoms with van der Waals surface area (Å²) >= 11 is 0. The number of nitrogens with one attached hydrogen (secondary N) is 3. The lowest BCUT2D eigenvalue weighted by Gasteiger charge is -2.37. The number of carbonyl (C=O) groups excluding carboxylic acids is 1. The standard InChI is InChI=1S/C32H42N8O2/c1-24-22-42-28-12-10-26(11-13-28)36-30-20-31(34-23-33-30)37-27-8-6-7-25(19-27)21-39-15-17-40(18-16-39)32(41)29(35-24)9-4-5-14-38(2)3/h6-8,10-13,19-20,23,29,35H,1,4-5,9,14-18,21-22H2,2-3H3,(H2,33,34,36,37). The number of hydrogen-bond donors (Lipinski definition) is 3. The highest BCUT2D eigenvalue weighted by atomic mass is 16.5. The first-order valence-corrected chi connectivity index (χ1v) is 14.7. The lowest BCUT2D eigenvalue weighted by molar-refractivity contribution is -0.135. The maximum Gasteiger partial charge on any atom is 0.245 e. The van der Waals surface area contributed by atoms with E-state index in [4.69, 9.17) is 4.74 Å². The summed E-state index contributed by atoms with van der Waals surface area (Å²) in [5, 5.41) is 10.1. The summed E-state index contributed by atoms with van der Waals surface area (Å²) in [5.74, 6) is 2.25. The second-order valence-electron chi connectivity index (χ2n) is 11.3. The van der Waals surface area contributed by atoms with Crippen molar-refractivity contribution in [2.75, 3.05) is 64.1 Å². The lowest BCUT2D eigenvalue weighted by Crippen LogP contribution is -2.54. The fourth-order valence-corrected chi connectivity index (χ4v) is 5.27. The maximum atomic E-state index is 13.7. The van der Waals surface area contributed by atoms with Crippen LogP contribution in [0.4, 0.5) is 23.0 Å². The van der Waals surface area contributed by atoms with Gasteiger partial charge in [-0.05, 0) is 81.9 Å². The van der Waals surface area contributed by atoms with Crippen molar-refractivity contribution in [3.8, 4) is 5.75 Å². The Bertz CT molecular complexity index is 1340. The van der Waals surface area contributed by atoms with Gasteiger partial charge in [0.25, 0.3) is 0 Å². The second kappa shape index (κ2) is 14.2. The Labute approximate surface area is 248 Å². The van der Waals surface area contributed by atoms with Crippen LogP contribution in [0.5, 0.6) is 5.75 Å². The number of anilines is 4. The van der Waals surface area contributed by atoms with Crippen molar-refractivity contribution in [3.63, 3.8) is 0 Å². The van der Waals surface area contributed by atoms with Gasteiger partial charge in [0.05, 0.1) is 0 Å². The van der Waals surface area contributed by atoms with Crippen LogP contribution in [0.2, 0.25) is 0 Å². The molecule has 5 aliphatic rings. The molecule has 3 N–H and O–H groups in total. The minimum Gasteiger partial charge on any atom is -0.487 e. The summed E-state index contributed by atoms with van der Waals surface area (Å²) in [6, 6.07) is 17.6. The van der Waals surface area contributed by atoms with Gasteiger partial charge in [-0.25, -0.2) is 9.97 Å². The molecule has 1 unspecified atom stereocenters. The number of unbranched alkanes of at least 4 members (excludes halogenated alkanes) is 1. The highest BCUT2D eigenvalue weighted by Gasteiger charge is 2.27. The monoisotopic (exact) mass is 570 g/mol. The Kier molecular flexibility index (Phi) is 9.89. The van der Waals surface area contributed by atoms with E-state index in [1.54, 1.807) is 6.33 Å². The molecule has 1 amide bonds. The van der Waals surface area contributed by atoms with Crippen LogP contribution < -0.4 is 20.7 Å². The molecule has 0 spiro atoms. The Hall–Kier alpha value is -4.15. The molecular weight excluding hydrogens is 528 g/mol. The molecule has 1 atom stereocenters. The number of piperazine rings is 1. The van der Waals surface area contributed by atoms with Gasteiger partial charge in [0.2, 0.25) is 5.91 Å². The van der Waals surface area contributed by atoms with Crippen molar-refractivity contribution in [3.05, 3.63) is 78.8 Å². The largest absolute Gasteiger partial charge is 0.487 e. The number of nitrogens with zero attached hydrogens (tertiary/aromatic N) is 5. The molecule has 0 aliphatic carbocycles. The molecule has 1 aromatic heterocycles. The van der Waals surface area contributed by atoms with Crippen LogP contribution in [0.3, 0.4) is 0 Å². The van der Waals surface area contributed by atoms with Crippen LogP contribution in [-0.4, -0.2) is 90.0 Å². The van der Waals surface area contributed by atoms with Gasteiger partial charge in [0.15, 0.2) is 0 Å².